The molecule has 0 aliphatic heterocycles. The fraction of sp³-hybridized carbons (Fsp3) is 0. The molecule has 0 heterocycles. The van der Waals surface area contributed by atoms with Crippen LogP contribution in [0.2, 0.25) is 0 Å². The molecule has 0 fully saturated rings. The molecule has 12 aromatic rings. The predicted molar refractivity (Wildman–Crippen MR) is 241 cm³/mol. The van der Waals surface area contributed by atoms with Crippen molar-refractivity contribution in [3.05, 3.63) is 182 Å². The van der Waals surface area contributed by atoms with Gasteiger partial charge in [-0.3, -0.25) is 0 Å². The van der Waals surface area contributed by atoms with Gasteiger partial charge in [0, 0.05) is 0 Å². The van der Waals surface area contributed by atoms with Crippen molar-refractivity contribution in [1.82, 2.24) is 0 Å². The van der Waals surface area contributed by atoms with E-state index in [0.717, 1.165) is 0 Å². The lowest BCUT2D eigenvalue weighted by Gasteiger charge is -2.19. The van der Waals surface area contributed by atoms with Crippen molar-refractivity contribution in [1.29, 1.82) is 0 Å². The van der Waals surface area contributed by atoms with E-state index in [9.17, 15) is 0 Å². The van der Waals surface area contributed by atoms with Crippen molar-refractivity contribution in [2.45, 2.75) is 0 Å². The van der Waals surface area contributed by atoms with Crippen LogP contribution in [-0.2, 0) is 0 Å². The second kappa shape index (κ2) is 10.3. The fourth-order valence-electron chi connectivity index (χ4n) is 11.0. The van der Waals surface area contributed by atoms with Gasteiger partial charge in [0.2, 0.25) is 0 Å². The summed E-state index contributed by atoms with van der Waals surface area (Å²) in [7, 11) is 0. The summed E-state index contributed by atoms with van der Waals surface area (Å²) in [5, 5.41) is 21.0. The fourth-order valence-corrected chi connectivity index (χ4v) is 11.0. The maximum atomic E-state index is 2.49. The molecule has 0 aromatic heterocycles. The lowest BCUT2D eigenvalue weighted by Crippen LogP contribution is -1.91. The Morgan fingerprint density at radius 1 is 0.161 bits per heavy atom. The smallest absolute Gasteiger partial charge is 0.00201 e. The number of fused-ring (bicyclic) bond motifs is 18. The Balaban J connectivity index is 1.11. The van der Waals surface area contributed by atoms with Gasteiger partial charge in [0.05, 0.1) is 0 Å². The Morgan fingerprint density at radius 3 is 0.768 bits per heavy atom. The van der Waals surface area contributed by atoms with Crippen LogP contribution in [-0.4, -0.2) is 0 Å². The molecule has 0 nitrogen and oxygen atoms in total. The van der Waals surface area contributed by atoms with Crippen LogP contribution < -0.4 is 0 Å². The van der Waals surface area contributed by atoms with Crippen LogP contribution in [0.1, 0.15) is 0 Å². The summed E-state index contributed by atoms with van der Waals surface area (Å²) >= 11 is 0. The quantitative estimate of drug-likeness (QED) is 0.149. The molecular weight excluding hydrogens is 673 g/mol. The summed E-state index contributed by atoms with van der Waals surface area (Å²) in [5.41, 5.74) is 13.3. The number of hydrogen-bond acceptors (Lipinski definition) is 0. The molecule has 0 spiro atoms. The Hall–Kier alpha value is -7.28. The van der Waals surface area contributed by atoms with Crippen LogP contribution in [0.5, 0.6) is 0 Å². The summed E-state index contributed by atoms with van der Waals surface area (Å²) in [6, 6.07) is 69.1. The van der Waals surface area contributed by atoms with Gasteiger partial charge in [-0.2, -0.15) is 0 Å². The summed E-state index contributed by atoms with van der Waals surface area (Å²) in [6.07, 6.45) is 0. The van der Waals surface area contributed by atoms with Crippen LogP contribution in [0.4, 0.5) is 0 Å². The summed E-state index contributed by atoms with van der Waals surface area (Å²) in [4.78, 5) is 0. The third-order valence-corrected chi connectivity index (χ3v) is 13.3. The van der Waals surface area contributed by atoms with Gasteiger partial charge in [0.25, 0.3) is 0 Å². The lowest BCUT2D eigenvalue weighted by atomic mass is 9.84. The van der Waals surface area contributed by atoms with Crippen LogP contribution in [0, 0.1) is 0 Å². The zero-order chi connectivity index (χ0) is 36.2. The Bertz CT molecular complexity index is 3540. The SMILES string of the molecule is c1cc2c3c(cccc3c1)-c1cc3c(cc1-2)c1ccccc1c1c(-c2cccc4c5cc6c(cc5c5ccccc5c24)-c2cccc4cccc-6c24)cccc31. The highest BCUT2D eigenvalue weighted by Gasteiger charge is 2.26. The van der Waals surface area contributed by atoms with Gasteiger partial charge in [-0.25, -0.2) is 0 Å². The number of benzene rings is 12. The molecule has 0 amide bonds. The minimum atomic E-state index is 1.28. The van der Waals surface area contributed by atoms with Crippen molar-refractivity contribution in [3.8, 4) is 55.6 Å². The summed E-state index contributed by atoms with van der Waals surface area (Å²) in [5.74, 6) is 0. The van der Waals surface area contributed by atoms with Crippen molar-refractivity contribution >= 4 is 86.2 Å². The molecule has 14 rings (SSSR count). The van der Waals surface area contributed by atoms with Crippen LogP contribution in [0.3, 0.4) is 0 Å². The molecule has 0 unspecified atom stereocenters. The van der Waals surface area contributed by atoms with E-state index in [4.69, 9.17) is 0 Å². The molecule has 0 atom stereocenters. The first-order valence-corrected chi connectivity index (χ1v) is 19.7. The maximum absolute atomic E-state index is 2.49. The van der Waals surface area contributed by atoms with Gasteiger partial charge >= 0.3 is 0 Å². The normalized spacial score (nSPS) is 12.6. The van der Waals surface area contributed by atoms with E-state index in [-0.39, 0.29) is 0 Å². The molecule has 0 saturated heterocycles. The largest absolute Gasteiger partial charge is 0.0616 e. The molecule has 0 radical (unpaired) electrons. The van der Waals surface area contributed by atoms with Gasteiger partial charge in [-0.05, 0) is 166 Å². The zero-order valence-electron chi connectivity index (χ0n) is 30.3. The third kappa shape index (κ3) is 3.51. The van der Waals surface area contributed by atoms with Gasteiger partial charge < -0.3 is 0 Å². The van der Waals surface area contributed by atoms with E-state index < -0.39 is 0 Å². The second-order valence-corrected chi connectivity index (χ2v) is 15.9. The molecule has 0 N–H and O–H groups in total. The molecule has 0 heteroatoms. The van der Waals surface area contributed by atoms with Crippen LogP contribution in [0.25, 0.3) is 142 Å². The van der Waals surface area contributed by atoms with E-state index in [1.54, 1.807) is 0 Å². The predicted octanol–water partition coefficient (Wildman–Crippen LogP) is 15.9. The van der Waals surface area contributed by atoms with Gasteiger partial charge in [0.15, 0.2) is 0 Å². The third-order valence-electron chi connectivity index (χ3n) is 13.3. The average Bonchev–Trinajstić information content (AvgIpc) is 3.75. The van der Waals surface area contributed by atoms with Crippen molar-refractivity contribution < 1.29 is 0 Å². The average molecular weight is 703 g/mol. The zero-order valence-corrected chi connectivity index (χ0v) is 30.3. The molecule has 0 saturated carbocycles. The maximum Gasteiger partial charge on any atom is -0.00201 e. The van der Waals surface area contributed by atoms with Crippen molar-refractivity contribution in [2.75, 3.05) is 0 Å². The van der Waals surface area contributed by atoms with Crippen molar-refractivity contribution in [3.63, 3.8) is 0 Å². The van der Waals surface area contributed by atoms with Crippen LogP contribution >= 0.6 is 0 Å². The molecule has 56 heavy (non-hydrogen) atoms. The van der Waals surface area contributed by atoms with Gasteiger partial charge in [-0.1, -0.05) is 158 Å². The summed E-state index contributed by atoms with van der Waals surface area (Å²) in [6.45, 7) is 0. The first kappa shape index (κ1) is 29.1. The first-order chi connectivity index (χ1) is 27.8. The highest BCUT2D eigenvalue weighted by molar-refractivity contribution is 6.35. The second-order valence-electron chi connectivity index (χ2n) is 15.9. The van der Waals surface area contributed by atoms with E-state index in [0.29, 0.717) is 0 Å². The Morgan fingerprint density at radius 2 is 0.411 bits per heavy atom. The first-order valence-electron chi connectivity index (χ1n) is 19.7. The highest BCUT2D eigenvalue weighted by Crippen LogP contribution is 2.53. The molecule has 254 valence electrons. The number of hydrogen-bond donors (Lipinski definition) is 0. The summed E-state index contributed by atoms with van der Waals surface area (Å²) < 4.78 is 0. The molecule has 2 aliphatic rings. The van der Waals surface area contributed by atoms with Gasteiger partial charge in [-0.15, -0.1) is 0 Å². The van der Waals surface area contributed by atoms with Gasteiger partial charge in [0.1, 0.15) is 0 Å². The molecule has 0 bridgehead atoms. The minimum Gasteiger partial charge on any atom is -0.0616 e. The lowest BCUT2D eigenvalue weighted by molar-refractivity contribution is 1.71. The Labute approximate surface area is 322 Å². The minimum absolute atomic E-state index is 1.28. The molecular formula is C56H30. The Kier molecular flexibility index (Phi) is 5.34. The van der Waals surface area contributed by atoms with E-state index in [2.05, 4.69) is 182 Å². The van der Waals surface area contributed by atoms with E-state index in [1.807, 2.05) is 0 Å². The number of rotatable bonds is 1. The van der Waals surface area contributed by atoms with Crippen molar-refractivity contribution in [2.24, 2.45) is 0 Å². The van der Waals surface area contributed by atoms with E-state index in [1.165, 1.54) is 142 Å². The topological polar surface area (TPSA) is 0 Å². The molecule has 12 aromatic carbocycles. The van der Waals surface area contributed by atoms with Crippen LogP contribution in [0.15, 0.2) is 182 Å². The highest BCUT2D eigenvalue weighted by atomic mass is 14.3. The molecule has 2 aliphatic carbocycles. The monoisotopic (exact) mass is 702 g/mol. The standard InChI is InChI=1S/C56H30/c1-3-17-35-33(15-1)45-27-47-39-19-5-11-31-13-7-21-41(53(31)39)49(47)29-51(45)43-25-9-23-37(55(35)43)38-24-10-26-44-52-30-50-42-22-8-14-32-12-6-20-40(54(32)42)48(50)28-46(52)34-16-2-4-18-36(34)56(38)44/h1-30H. The van der Waals surface area contributed by atoms with E-state index >= 15 is 0 Å².